The Balaban J connectivity index is 3.13. The molecule has 5 heteroatoms. The maximum atomic E-state index is 6.34. The van der Waals surface area contributed by atoms with Crippen LogP contribution < -0.4 is 5.32 Å². The van der Waals surface area contributed by atoms with E-state index in [0.29, 0.717) is 5.02 Å². The molecule has 0 spiro atoms. The molecule has 110 valence electrons. The van der Waals surface area contributed by atoms with Gasteiger partial charge in [0.1, 0.15) is 0 Å². The van der Waals surface area contributed by atoms with Gasteiger partial charge in [0.25, 0.3) is 0 Å². The van der Waals surface area contributed by atoms with E-state index in [0.717, 1.165) is 25.1 Å². The summed E-state index contributed by atoms with van der Waals surface area (Å²) in [5, 5.41) is 8.58. The first-order chi connectivity index (χ1) is 9.06. The second kappa shape index (κ2) is 7.88. The molecule has 0 aromatic carbocycles. The zero-order chi connectivity index (χ0) is 14.4. The number of halogens is 1. The minimum atomic E-state index is 0.0762. The summed E-state index contributed by atoms with van der Waals surface area (Å²) in [4.78, 5) is 0. The van der Waals surface area contributed by atoms with Gasteiger partial charge < -0.3 is 10.1 Å². The van der Waals surface area contributed by atoms with E-state index in [4.69, 9.17) is 16.3 Å². The van der Waals surface area contributed by atoms with Crippen molar-refractivity contribution in [2.45, 2.75) is 58.7 Å². The van der Waals surface area contributed by atoms with Gasteiger partial charge in [-0.3, -0.25) is 4.68 Å². The van der Waals surface area contributed by atoms with Crippen LogP contribution in [-0.2, 0) is 4.74 Å². The van der Waals surface area contributed by atoms with Gasteiger partial charge in [-0.05, 0) is 26.8 Å². The van der Waals surface area contributed by atoms with Crippen LogP contribution in [0.2, 0.25) is 5.02 Å². The predicted octanol–water partition coefficient (Wildman–Crippen LogP) is 3.58. The van der Waals surface area contributed by atoms with Crippen LogP contribution in [0.25, 0.3) is 0 Å². The molecule has 2 atom stereocenters. The molecule has 2 unspecified atom stereocenters. The third-order valence-electron chi connectivity index (χ3n) is 3.24. The number of ether oxygens (including phenoxy) is 1. The monoisotopic (exact) mass is 287 g/mol. The van der Waals surface area contributed by atoms with E-state index in [9.17, 15) is 0 Å². The van der Waals surface area contributed by atoms with Gasteiger partial charge in [0.2, 0.25) is 0 Å². The molecular formula is C14H26ClN3O. The topological polar surface area (TPSA) is 39.1 Å². The van der Waals surface area contributed by atoms with E-state index in [1.165, 1.54) is 0 Å². The third-order valence-corrected chi connectivity index (χ3v) is 3.53. The van der Waals surface area contributed by atoms with E-state index in [1.807, 2.05) is 4.68 Å². The van der Waals surface area contributed by atoms with Crippen molar-refractivity contribution >= 4 is 11.6 Å². The number of nitrogens with one attached hydrogen (secondary N) is 1. The van der Waals surface area contributed by atoms with E-state index >= 15 is 0 Å². The van der Waals surface area contributed by atoms with Crippen molar-refractivity contribution in [3.63, 3.8) is 0 Å². The summed E-state index contributed by atoms with van der Waals surface area (Å²) in [6.45, 7) is 9.34. The van der Waals surface area contributed by atoms with Crippen LogP contribution in [0.4, 0.5) is 0 Å². The second-order valence-corrected chi connectivity index (χ2v) is 5.42. The van der Waals surface area contributed by atoms with Crippen LogP contribution in [0, 0.1) is 0 Å². The molecule has 0 aliphatic heterocycles. The zero-order valence-corrected chi connectivity index (χ0v) is 13.4. The number of methoxy groups -OCH3 is 1. The average Bonchev–Trinajstić information content (AvgIpc) is 2.75. The molecule has 0 aliphatic rings. The molecule has 1 N–H and O–H groups in total. The highest BCUT2D eigenvalue weighted by molar-refractivity contribution is 6.31. The molecule has 1 rings (SSSR count). The molecule has 0 saturated carbocycles. The van der Waals surface area contributed by atoms with E-state index in [-0.39, 0.29) is 18.2 Å². The highest BCUT2D eigenvalue weighted by atomic mass is 35.5. The summed E-state index contributed by atoms with van der Waals surface area (Å²) in [5.41, 5.74) is 1.03. The van der Waals surface area contributed by atoms with Gasteiger partial charge in [0, 0.05) is 13.2 Å². The predicted molar refractivity (Wildman–Crippen MR) is 79.7 cm³/mol. The summed E-state index contributed by atoms with van der Waals surface area (Å²) < 4.78 is 7.64. The quantitative estimate of drug-likeness (QED) is 0.794. The Bertz CT molecular complexity index is 379. The standard InChI is InChI=1S/C14H26ClN3O/c1-6-8-12(19-5)13(16-7-2)14-11(15)9-17-18(14)10(3)4/h9-10,12-13,16H,6-8H2,1-5H3. The van der Waals surface area contributed by atoms with Crippen molar-refractivity contribution < 1.29 is 4.74 Å². The summed E-state index contributed by atoms with van der Waals surface area (Å²) in [5.74, 6) is 0. The van der Waals surface area contributed by atoms with Crippen LogP contribution in [0.5, 0.6) is 0 Å². The Hall–Kier alpha value is -0.580. The van der Waals surface area contributed by atoms with Gasteiger partial charge in [0.15, 0.2) is 0 Å². The van der Waals surface area contributed by atoms with Crippen molar-refractivity contribution in [3.05, 3.63) is 16.9 Å². The number of nitrogens with zero attached hydrogens (tertiary/aromatic N) is 2. The summed E-state index contributed by atoms with van der Waals surface area (Å²) in [6, 6.07) is 0.357. The lowest BCUT2D eigenvalue weighted by molar-refractivity contribution is 0.0579. The molecule has 0 saturated heterocycles. The Labute approximate surface area is 121 Å². The smallest absolute Gasteiger partial charge is 0.0835 e. The second-order valence-electron chi connectivity index (χ2n) is 5.01. The molecule has 1 aromatic heterocycles. The lowest BCUT2D eigenvalue weighted by Crippen LogP contribution is -2.35. The molecule has 0 bridgehead atoms. The molecular weight excluding hydrogens is 262 g/mol. The minimum absolute atomic E-state index is 0.0762. The highest BCUT2D eigenvalue weighted by Gasteiger charge is 2.28. The number of rotatable bonds is 8. The fourth-order valence-corrected chi connectivity index (χ4v) is 2.63. The summed E-state index contributed by atoms with van der Waals surface area (Å²) in [6.07, 6.45) is 3.90. The lowest BCUT2D eigenvalue weighted by atomic mass is 10.0. The molecule has 0 aliphatic carbocycles. The van der Waals surface area contributed by atoms with Crippen LogP contribution in [0.3, 0.4) is 0 Å². The van der Waals surface area contributed by atoms with E-state index in [2.05, 4.69) is 38.1 Å². The molecule has 4 nitrogen and oxygen atoms in total. The lowest BCUT2D eigenvalue weighted by Gasteiger charge is -2.28. The van der Waals surface area contributed by atoms with Gasteiger partial charge in [-0.1, -0.05) is 31.9 Å². The largest absolute Gasteiger partial charge is 0.379 e. The van der Waals surface area contributed by atoms with Crippen molar-refractivity contribution in [2.24, 2.45) is 0 Å². The van der Waals surface area contributed by atoms with E-state index < -0.39 is 0 Å². The normalized spacial score (nSPS) is 14.9. The van der Waals surface area contributed by atoms with Gasteiger partial charge in [-0.15, -0.1) is 0 Å². The first kappa shape index (κ1) is 16.5. The number of hydrogen-bond acceptors (Lipinski definition) is 3. The van der Waals surface area contributed by atoms with Gasteiger partial charge in [-0.25, -0.2) is 0 Å². The molecule has 0 amide bonds. The van der Waals surface area contributed by atoms with E-state index in [1.54, 1.807) is 13.3 Å². The van der Waals surface area contributed by atoms with Crippen LogP contribution in [-0.4, -0.2) is 29.5 Å². The molecule has 1 heterocycles. The van der Waals surface area contributed by atoms with Crippen LogP contribution in [0.1, 0.15) is 58.3 Å². The molecule has 0 radical (unpaired) electrons. The van der Waals surface area contributed by atoms with Gasteiger partial charge in [-0.2, -0.15) is 5.10 Å². The SMILES string of the molecule is CCCC(OC)C(NCC)c1c(Cl)cnn1C(C)C. The average molecular weight is 288 g/mol. The summed E-state index contributed by atoms with van der Waals surface area (Å²) >= 11 is 6.34. The first-order valence-corrected chi connectivity index (χ1v) is 7.43. The summed E-state index contributed by atoms with van der Waals surface area (Å²) in [7, 11) is 1.76. The van der Waals surface area contributed by atoms with Crippen molar-refractivity contribution in [1.29, 1.82) is 0 Å². The fraction of sp³-hybridized carbons (Fsp3) is 0.786. The zero-order valence-electron chi connectivity index (χ0n) is 12.6. The van der Waals surface area contributed by atoms with Crippen molar-refractivity contribution in [1.82, 2.24) is 15.1 Å². The Morgan fingerprint density at radius 3 is 2.58 bits per heavy atom. The van der Waals surface area contributed by atoms with Gasteiger partial charge >= 0.3 is 0 Å². The van der Waals surface area contributed by atoms with Crippen molar-refractivity contribution in [2.75, 3.05) is 13.7 Å². The minimum Gasteiger partial charge on any atom is -0.379 e. The Morgan fingerprint density at radius 1 is 1.42 bits per heavy atom. The van der Waals surface area contributed by atoms with Crippen LogP contribution >= 0.6 is 11.6 Å². The third kappa shape index (κ3) is 3.94. The number of aromatic nitrogens is 2. The van der Waals surface area contributed by atoms with Crippen LogP contribution in [0.15, 0.2) is 6.20 Å². The maximum Gasteiger partial charge on any atom is 0.0835 e. The maximum absolute atomic E-state index is 6.34. The number of hydrogen-bond donors (Lipinski definition) is 1. The molecule has 1 aromatic rings. The highest BCUT2D eigenvalue weighted by Crippen LogP contribution is 2.30. The van der Waals surface area contributed by atoms with Gasteiger partial charge in [0.05, 0.1) is 29.1 Å². The Kier molecular flexibility index (Phi) is 6.83. The molecule has 0 fully saturated rings. The number of likely N-dealkylation sites (N-methyl/N-ethyl adjacent to an activating group) is 1. The Morgan fingerprint density at radius 2 is 2.11 bits per heavy atom. The molecule has 19 heavy (non-hydrogen) atoms. The van der Waals surface area contributed by atoms with Crippen molar-refractivity contribution in [3.8, 4) is 0 Å². The first-order valence-electron chi connectivity index (χ1n) is 7.05. The fourth-order valence-electron chi connectivity index (χ4n) is 2.38.